The van der Waals surface area contributed by atoms with Gasteiger partial charge in [0.25, 0.3) is 0 Å². The molecule has 82 valence electrons. The van der Waals surface area contributed by atoms with Gasteiger partial charge in [-0.3, -0.25) is 5.32 Å². The van der Waals surface area contributed by atoms with E-state index in [1.807, 2.05) is 0 Å². The number of rotatable bonds is 2. The zero-order valence-corrected chi connectivity index (χ0v) is 9.31. The van der Waals surface area contributed by atoms with Crippen molar-refractivity contribution in [2.75, 3.05) is 19.7 Å². The predicted octanol–water partition coefficient (Wildman–Crippen LogP) is 1.10. The monoisotopic (exact) mass is 198 g/mol. The second kappa shape index (κ2) is 4.17. The van der Waals surface area contributed by atoms with Gasteiger partial charge in [-0.05, 0) is 52.1 Å². The second-order valence-electron chi connectivity index (χ2n) is 5.28. The minimum Gasteiger partial charge on any atom is -0.361 e. The highest BCUT2D eigenvalue weighted by Gasteiger charge is 2.32. The number of ether oxygens (including phenoxy) is 1. The molecule has 2 unspecified atom stereocenters. The summed E-state index contributed by atoms with van der Waals surface area (Å²) in [5.74, 6) is 0.801. The molecule has 2 N–H and O–H groups in total. The number of hydrogen-bond donors (Lipinski definition) is 2. The Hall–Kier alpha value is -0.120. The predicted molar refractivity (Wildman–Crippen MR) is 57.2 cm³/mol. The van der Waals surface area contributed by atoms with Gasteiger partial charge in [-0.1, -0.05) is 0 Å². The van der Waals surface area contributed by atoms with E-state index in [0.717, 1.165) is 18.9 Å². The topological polar surface area (TPSA) is 33.3 Å². The van der Waals surface area contributed by atoms with E-state index >= 15 is 0 Å². The van der Waals surface area contributed by atoms with Crippen LogP contribution in [0.5, 0.6) is 0 Å². The smallest absolute Gasteiger partial charge is 0.109 e. The van der Waals surface area contributed by atoms with Crippen LogP contribution in [0.15, 0.2) is 0 Å². The average Bonchev–Trinajstić information content (AvgIpc) is 2.47. The SMILES string of the molecule is CC1(C)COC(CC2CCCNC2)N1. The lowest BCUT2D eigenvalue weighted by molar-refractivity contribution is 0.0738. The summed E-state index contributed by atoms with van der Waals surface area (Å²) in [4.78, 5) is 0. The lowest BCUT2D eigenvalue weighted by Crippen LogP contribution is -2.41. The van der Waals surface area contributed by atoms with Crippen molar-refractivity contribution in [3.05, 3.63) is 0 Å². The van der Waals surface area contributed by atoms with Crippen molar-refractivity contribution in [3.63, 3.8) is 0 Å². The van der Waals surface area contributed by atoms with Crippen LogP contribution >= 0.6 is 0 Å². The van der Waals surface area contributed by atoms with E-state index < -0.39 is 0 Å². The lowest BCUT2D eigenvalue weighted by Gasteiger charge is -2.25. The van der Waals surface area contributed by atoms with Crippen molar-refractivity contribution < 1.29 is 4.74 Å². The molecular weight excluding hydrogens is 176 g/mol. The van der Waals surface area contributed by atoms with E-state index in [9.17, 15) is 0 Å². The van der Waals surface area contributed by atoms with Crippen molar-refractivity contribution in [3.8, 4) is 0 Å². The first-order valence-electron chi connectivity index (χ1n) is 5.76. The molecule has 0 radical (unpaired) electrons. The third kappa shape index (κ3) is 2.69. The van der Waals surface area contributed by atoms with Crippen LogP contribution in [0, 0.1) is 5.92 Å². The average molecular weight is 198 g/mol. The van der Waals surface area contributed by atoms with Crippen LogP contribution in [0.25, 0.3) is 0 Å². The van der Waals surface area contributed by atoms with Gasteiger partial charge in [0.1, 0.15) is 6.23 Å². The molecule has 0 amide bonds. The summed E-state index contributed by atoms with van der Waals surface area (Å²) in [6.07, 6.45) is 4.13. The summed E-state index contributed by atoms with van der Waals surface area (Å²) in [5.41, 5.74) is 0.173. The molecule has 0 saturated carbocycles. The summed E-state index contributed by atoms with van der Waals surface area (Å²) in [6, 6.07) is 0. The van der Waals surface area contributed by atoms with Gasteiger partial charge < -0.3 is 10.1 Å². The van der Waals surface area contributed by atoms with Crippen molar-refractivity contribution in [2.45, 2.75) is 44.9 Å². The van der Waals surface area contributed by atoms with Crippen LogP contribution in [0.4, 0.5) is 0 Å². The first-order chi connectivity index (χ1) is 6.66. The molecule has 0 aromatic heterocycles. The Morgan fingerprint density at radius 3 is 2.86 bits per heavy atom. The van der Waals surface area contributed by atoms with Crippen LogP contribution in [0.3, 0.4) is 0 Å². The summed E-state index contributed by atoms with van der Waals surface area (Å²) < 4.78 is 5.73. The molecule has 2 aliphatic rings. The second-order valence-corrected chi connectivity index (χ2v) is 5.28. The minimum absolute atomic E-state index is 0.173. The van der Waals surface area contributed by atoms with Crippen LogP contribution in [0.1, 0.15) is 33.1 Å². The van der Waals surface area contributed by atoms with E-state index in [2.05, 4.69) is 24.5 Å². The zero-order chi connectivity index (χ0) is 10.0. The highest BCUT2D eigenvalue weighted by atomic mass is 16.5. The number of hydrogen-bond acceptors (Lipinski definition) is 3. The summed E-state index contributed by atoms with van der Waals surface area (Å²) in [6.45, 7) is 7.61. The summed E-state index contributed by atoms with van der Waals surface area (Å²) >= 11 is 0. The van der Waals surface area contributed by atoms with Gasteiger partial charge >= 0.3 is 0 Å². The Labute approximate surface area is 86.6 Å². The fourth-order valence-corrected chi connectivity index (χ4v) is 2.38. The number of nitrogens with one attached hydrogen (secondary N) is 2. The van der Waals surface area contributed by atoms with E-state index in [1.54, 1.807) is 0 Å². The summed E-state index contributed by atoms with van der Waals surface area (Å²) in [5, 5.41) is 6.97. The van der Waals surface area contributed by atoms with Crippen LogP contribution in [0.2, 0.25) is 0 Å². The van der Waals surface area contributed by atoms with Crippen LogP contribution in [-0.2, 0) is 4.74 Å². The molecule has 0 aromatic carbocycles. The maximum atomic E-state index is 5.73. The highest BCUT2D eigenvalue weighted by Crippen LogP contribution is 2.22. The largest absolute Gasteiger partial charge is 0.361 e. The van der Waals surface area contributed by atoms with Crippen LogP contribution < -0.4 is 10.6 Å². The van der Waals surface area contributed by atoms with Crippen molar-refractivity contribution >= 4 is 0 Å². The van der Waals surface area contributed by atoms with Crippen molar-refractivity contribution in [2.24, 2.45) is 5.92 Å². The lowest BCUT2D eigenvalue weighted by atomic mass is 9.95. The number of piperidine rings is 1. The van der Waals surface area contributed by atoms with Gasteiger partial charge in [-0.25, -0.2) is 0 Å². The molecular formula is C11H22N2O. The normalized spacial score (nSPS) is 37.3. The van der Waals surface area contributed by atoms with Gasteiger partial charge in [0.15, 0.2) is 0 Å². The molecule has 2 saturated heterocycles. The van der Waals surface area contributed by atoms with Gasteiger partial charge in [-0.2, -0.15) is 0 Å². The molecule has 0 aromatic rings. The van der Waals surface area contributed by atoms with E-state index in [1.165, 1.54) is 25.9 Å². The fourth-order valence-electron chi connectivity index (χ4n) is 2.38. The Balaban J connectivity index is 1.75. The summed E-state index contributed by atoms with van der Waals surface area (Å²) in [7, 11) is 0. The quantitative estimate of drug-likeness (QED) is 0.697. The minimum atomic E-state index is 0.173. The Kier molecular flexibility index (Phi) is 3.10. The molecule has 2 aliphatic heterocycles. The van der Waals surface area contributed by atoms with Crippen molar-refractivity contribution in [1.29, 1.82) is 0 Å². The van der Waals surface area contributed by atoms with Crippen LogP contribution in [-0.4, -0.2) is 31.5 Å². The molecule has 2 heterocycles. The third-order valence-corrected chi connectivity index (χ3v) is 3.14. The molecule has 0 spiro atoms. The third-order valence-electron chi connectivity index (χ3n) is 3.14. The fraction of sp³-hybridized carbons (Fsp3) is 1.00. The van der Waals surface area contributed by atoms with Gasteiger partial charge in [0, 0.05) is 5.54 Å². The molecule has 14 heavy (non-hydrogen) atoms. The standard InChI is InChI=1S/C11H22N2O/c1-11(2)8-14-10(13-11)6-9-4-3-5-12-7-9/h9-10,12-13H,3-8H2,1-2H3. The maximum absolute atomic E-state index is 5.73. The van der Waals surface area contributed by atoms with Crippen molar-refractivity contribution in [1.82, 2.24) is 10.6 Å². The van der Waals surface area contributed by atoms with Gasteiger partial charge in [0.2, 0.25) is 0 Å². The molecule has 3 heteroatoms. The molecule has 2 fully saturated rings. The Bertz CT molecular complexity index is 188. The Morgan fingerprint density at radius 1 is 1.43 bits per heavy atom. The van der Waals surface area contributed by atoms with Gasteiger partial charge in [0.05, 0.1) is 6.61 Å². The first-order valence-corrected chi connectivity index (χ1v) is 5.76. The van der Waals surface area contributed by atoms with E-state index in [4.69, 9.17) is 4.74 Å². The molecule has 0 aliphatic carbocycles. The maximum Gasteiger partial charge on any atom is 0.109 e. The van der Waals surface area contributed by atoms with Gasteiger partial charge in [-0.15, -0.1) is 0 Å². The molecule has 2 atom stereocenters. The zero-order valence-electron chi connectivity index (χ0n) is 9.31. The van der Waals surface area contributed by atoms with E-state index in [-0.39, 0.29) is 11.8 Å². The highest BCUT2D eigenvalue weighted by molar-refractivity contribution is 4.86. The molecule has 2 rings (SSSR count). The van der Waals surface area contributed by atoms with E-state index in [0.29, 0.717) is 0 Å². The molecule has 0 bridgehead atoms. The first kappa shape index (κ1) is 10.4. The molecule has 3 nitrogen and oxygen atoms in total. The Morgan fingerprint density at radius 2 is 2.29 bits per heavy atom.